The molecule has 13 aromatic rings. The normalized spacial score (nSPS) is 11.6. The number of hydrogen-bond donors (Lipinski definition) is 1. The van der Waals surface area contributed by atoms with E-state index in [4.69, 9.17) is 0 Å². The topological polar surface area (TPSA) is 21.9 Å². The summed E-state index contributed by atoms with van der Waals surface area (Å²) in [5.41, 5.74) is 18.5. The third kappa shape index (κ3) is 6.76. The van der Waals surface area contributed by atoms with E-state index < -0.39 is 0 Å². The molecule has 314 valence electrons. The molecule has 2 heterocycles. The first-order valence-corrected chi connectivity index (χ1v) is 23.0. The standard InChI is InChI=1S/C64H43N3/c1-4-15-43(16-5-1)46-27-32-52(33-28-46)65-60-35-30-50(39-56(60)47-20-8-3-9-21-47)51-31-36-62-57(40-51)59-41-58-55-25-12-13-26-61(55)67(54-34-29-45-19-10-11-22-48(45)38-54)63(58)42-64(59)66(62)53-24-14-23-49(37-53)44-17-6-2-7-18-44/h1-42,65H. The molecule has 0 aliphatic carbocycles. The van der Waals surface area contributed by atoms with Crippen LogP contribution in [0.15, 0.2) is 255 Å². The van der Waals surface area contributed by atoms with Crippen LogP contribution in [0.1, 0.15) is 0 Å². The summed E-state index contributed by atoms with van der Waals surface area (Å²) in [5.74, 6) is 0. The monoisotopic (exact) mass is 853 g/mol. The Morgan fingerprint density at radius 3 is 1.54 bits per heavy atom. The van der Waals surface area contributed by atoms with Crippen LogP contribution in [0, 0.1) is 0 Å². The fourth-order valence-corrected chi connectivity index (χ4v) is 10.2. The van der Waals surface area contributed by atoms with E-state index >= 15 is 0 Å². The van der Waals surface area contributed by atoms with Gasteiger partial charge in [-0.1, -0.05) is 176 Å². The Labute approximate surface area is 389 Å². The number of para-hydroxylation sites is 1. The van der Waals surface area contributed by atoms with Crippen LogP contribution < -0.4 is 5.32 Å². The van der Waals surface area contributed by atoms with Gasteiger partial charge in [-0.25, -0.2) is 0 Å². The van der Waals surface area contributed by atoms with Crippen molar-refractivity contribution in [2.75, 3.05) is 5.32 Å². The van der Waals surface area contributed by atoms with Gasteiger partial charge in [0, 0.05) is 49.9 Å². The molecule has 13 rings (SSSR count). The lowest BCUT2D eigenvalue weighted by molar-refractivity contribution is 1.17. The van der Waals surface area contributed by atoms with Crippen molar-refractivity contribution in [3.8, 4) is 55.9 Å². The molecule has 11 aromatic carbocycles. The van der Waals surface area contributed by atoms with E-state index in [2.05, 4.69) is 269 Å². The van der Waals surface area contributed by atoms with Crippen LogP contribution in [-0.2, 0) is 0 Å². The van der Waals surface area contributed by atoms with Gasteiger partial charge in [0.1, 0.15) is 0 Å². The third-order valence-corrected chi connectivity index (χ3v) is 13.5. The van der Waals surface area contributed by atoms with Crippen molar-refractivity contribution >= 4 is 65.8 Å². The van der Waals surface area contributed by atoms with E-state index in [0.717, 1.165) is 45.0 Å². The number of aromatic nitrogens is 2. The fourth-order valence-electron chi connectivity index (χ4n) is 10.2. The Bertz CT molecular complexity index is 3980. The lowest BCUT2D eigenvalue weighted by atomic mass is 9.96. The van der Waals surface area contributed by atoms with E-state index in [1.165, 1.54) is 76.7 Å². The molecule has 0 radical (unpaired) electrons. The fraction of sp³-hybridized carbons (Fsp3) is 0. The second-order valence-corrected chi connectivity index (χ2v) is 17.4. The van der Waals surface area contributed by atoms with Gasteiger partial charge in [-0.2, -0.15) is 0 Å². The Hall–Kier alpha value is -8.92. The van der Waals surface area contributed by atoms with Crippen LogP contribution >= 0.6 is 0 Å². The van der Waals surface area contributed by atoms with Gasteiger partial charge < -0.3 is 14.5 Å². The summed E-state index contributed by atoms with van der Waals surface area (Å²) in [5, 5.41) is 11.1. The van der Waals surface area contributed by atoms with E-state index in [0.29, 0.717) is 0 Å². The lowest BCUT2D eigenvalue weighted by Gasteiger charge is -2.15. The van der Waals surface area contributed by atoms with Crippen LogP contribution in [0.3, 0.4) is 0 Å². The minimum absolute atomic E-state index is 1.04. The van der Waals surface area contributed by atoms with Gasteiger partial charge in [0.25, 0.3) is 0 Å². The van der Waals surface area contributed by atoms with Gasteiger partial charge in [-0.15, -0.1) is 0 Å². The molecular formula is C64H43N3. The molecule has 0 aliphatic heterocycles. The Morgan fingerprint density at radius 2 is 0.776 bits per heavy atom. The predicted molar refractivity (Wildman–Crippen MR) is 284 cm³/mol. The van der Waals surface area contributed by atoms with E-state index in [-0.39, 0.29) is 0 Å². The highest BCUT2D eigenvalue weighted by Gasteiger charge is 2.20. The zero-order valence-corrected chi connectivity index (χ0v) is 36.6. The quantitative estimate of drug-likeness (QED) is 0.162. The maximum Gasteiger partial charge on any atom is 0.0562 e. The van der Waals surface area contributed by atoms with Crippen molar-refractivity contribution in [1.82, 2.24) is 9.13 Å². The molecule has 67 heavy (non-hydrogen) atoms. The first kappa shape index (κ1) is 38.5. The molecule has 3 nitrogen and oxygen atoms in total. The molecule has 0 amide bonds. The number of hydrogen-bond acceptors (Lipinski definition) is 1. The van der Waals surface area contributed by atoms with Gasteiger partial charge in [-0.05, 0) is 129 Å². The lowest BCUT2D eigenvalue weighted by Crippen LogP contribution is -1.96. The maximum absolute atomic E-state index is 3.77. The Balaban J connectivity index is 1.00. The zero-order valence-electron chi connectivity index (χ0n) is 36.6. The van der Waals surface area contributed by atoms with Crippen LogP contribution in [0.4, 0.5) is 11.4 Å². The molecule has 0 saturated carbocycles. The van der Waals surface area contributed by atoms with Crippen LogP contribution in [0.2, 0.25) is 0 Å². The molecule has 0 unspecified atom stereocenters. The average molecular weight is 854 g/mol. The number of benzene rings is 11. The number of fused-ring (bicyclic) bond motifs is 7. The van der Waals surface area contributed by atoms with Gasteiger partial charge in [0.05, 0.1) is 22.1 Å². The molecule has 0 fully saturated rings. The van der Waals surface area contributed by atoms with Gasteiger partial charge in [0.15, 0.2) is 0 Å². The number of nitrogens with zero attached hydrogens (tertiary/aromatic N) is 2. The summed E-state index contributed by atoms with van der Waals surface area (Å²) in [6.45, 7) is 0. The van der Waals surface area contributed by atoms with Crippen molar-refractivity contribution in [1.29, 1.82) is 0 Å². The molecule has 1 N–H and O–H groups in total. The summed E-state index contributed by atoms with van der Waals surface area (Å²) in [7, 11) is 0. The van der Waals surface area contributed by atoms with Crippen LogP contribution in [0.5, 0.6) is 0 Å². The van der Waals surface area contributed by atoms with E-state index in [1.807, 2.05) is 0 Å². The molecule has 0 spiro atoms. The van der Waals surface area contributed by atoms with Crippen molar-refractivity contribution in [2.45, 2.75) is 0 Å². The molecule has 0 atom stereocenters. The van der Waals surface area contributed by atoms with Crippen molar-refractivity contribution in [2.24, 2.45) is 0 Å². The summed E-state index contributed by atoms with van der Waals surface area (Å²) >= 11 is 0. The summed E-state index contributed by atoms with van der Waals surface area (Å²) in [6, 6.07) is 92.6. The minimum atomic E-state index is 1.04. The number of nitrogens with one attached hydrogen (secondary N) is 1. The minimum Gasteiger partial charge on any atom is -0.355 e. The third-order valence-electron chi connectivity index (χ3n) is 13.5. The zero-order chi connectivity index (χ0) is 44.3. The number of rotatable bonds is 8. The second kappa shape index (κ2) is 16.0. The SMILES string of the molecule is c1ccc(-c2ccc(Nc3ccc(-c4ccc5c(c4)c4cc6c7ccccc7n(-c7ccc8ccccc8c7)c6cc4n5-c4cccc(-c5ccccc5)c4)cc3-c3ccccc3)cc2)cc1. The van der Waals surface area contributed by atoms with E-state index in [9.17, 15) is 0 Å². The highest BCUT2D eigenvalue weighted by molar-refractivity contribution is 6.20. The Kier molecular flexibility index (Phi) is 9.17. The van der Waals surface area contributed by atoms with Crippen molar-refractivity contribution in [3.63, 3.8) is 0 Å². The Morgan fingerprint density at radius 1 is 0.254 bits per heavy atom. The van der Waals surface area contributed by atoms with Crippen LogP contribution in [-0.4, -0.2) is 9.13 Å². The molecule has 2 aromatic heterocycles. The van der Waals surface area contributed by atoms with Crippen molar-refractivity contribution in [3.05, 3.63) is 255 Å². The molecule has 0 aliphatic rings. The van der Waals surface area contributed by atoms with Gasteiger partial charge in [0.2, 0.25) is 0 Å². The highest BCUT2D eigenvalue weighted by Crippen LogP contribution is 2.43. The predicted octanol–water partition coefficient (Wildman–Crippen LogP) is 17.4. The van der Waals surface area contributed by atoms with Gasteiger partial charge >= 0.3 is 0 Å². The number of anilines is 2. The molecule has 3 heteroatoms. The maximum atomic E-state index is 3.77. The highest BCUT2D eigenvalue weighted by atomic mass is 15.0. The first-order valence-electron chi connectivity index (χ1n) is 23.0. The summed E-state index contributed by atoms with van der Waals surface area (Å²) in [6.07, 6.45) is 0. The largest absolute Gasteiger partial charge is 0.355 e. The van der Waals surface area contributed by atoms with Gasteiger partial charge in [-0.3, -0.25) is 0 Å². The summed E-state index contributed by atoms with van der Waals surface area (Å²) in [4.78, 5) is 0. The first-order chi connectivity index (χ1) is 33.2. The van der Waals surface area contributed by atoms with Crippen molar-refractivity contribution < 1.29 is 0 Å². The molecule has 0 bridgehead atoms. The van der Waals surface area contributed by atoms with Crippen LogP contribution in [0.25, 0.3) is 110 Å². The molecular weight excluding hydrogens is 811 g/mol. The average Bonchev–Trinajstić information content (AvgIpc) is 3.90. The second-order valence-electron chi connectivity index (χ2n) is 17.4. The summed E-state index contributed by atoms with van der Waals surface area (Å²) < 4.78 is 4.91. The molecule has 0 saturated heterocycles. The van der Waals surface area contributed by atoms with E-state index in [1.54, 1.807) is 0 Å². The smallest absolute Gasteiger partial charge is 0.0562 e.